The van der Waals surface area contributed by atoms with Gasteiger partial charge in [0, 0.05) is 41.8 Å². The molecule has 2 aliphatic rings. The number of likely N-dealkylation sites (tertiary alicyclic amines) is 1. The van der Waals surface area contributed by atoms with Crippen molar-refractivity contribution in [3.8, 4) is 0 Å². The first-order valence-electron chi connectivity index (χ1n) is 12.0. The van der Waals surface area contributed by atoms with Crippen molar-refractivity contribution < 1.29 is 9.53 Å². The fraction of sp³-hybridized carbons (Fsp3) is 0.407. The van der Waals surface area contributed by atoms with E-state index in [-0.39, 0.29) is 18.6 Å². The van der Waals surface area contributed by atoms with E-state index in [4.69, 9.17) is 38.7 Å². The quantitative estimate of drug-likeness (QED) is 0.298. The lowest BCUT2D eigenvalue weighted by Gasteiger charge is -2.32. The molecule has 1 aliphatic heterocycles. The zero-order valence-corrected chi connectivity index (χ0v) is 22.3. The number of carbonyl (C=O) groups is 1. The van der Waals surface area contributed by atoms with Crippen LogP contribution in [0.5, 0.6) is 0 Å². The number of amides is 1. The third kappa shape index (κ3) is 9.92. The molecule has 190 valence electrons. The molecule has 0 bridgehead atoms. The standard InChI is InChI=1S/C27H36Cl2N4O2/c1-4-8-21(29)11-12-24(18-28)35-19-27(34)31-23-9-7-10-25(20(5-2)17-23)32-26(6-3)33-15-13-22(30)14-16-33/h5-8,10-12,17-18,22H,4,9,13-16,19,30H2,1-3H3,(H,31,34)/b12-11-,20-5+,21-8+,24-18-,26-6+,32-25-. The molecule has 0 spiro atoms. The van der Waals surface area contributed by atoms with Crippen LogP contribution in [0, 0.1) is 0 Å². The lowest BCUT2D eigenvalue weighted by atomic mass is 10.1. The predicted molar refractivity (Wildman–Crippen MR) is 147 cm³/mol. The van der Waals surface area contributed by atoms with Crippen molar-refractivity contribution in [1.82, 2.24) is 10.2 Å². The summed E-state index contributed by atoms with van der Waals surface area (Å²) in [6.07, 6.45) is 18.4. The minimum atomic E-state index is -0.279. The van der Waals surface area contributed by atoms with E-state index in [9.17, 15) is 4.79 Å². The van der Waals surface area contributed by atoms with Gasteiger partial charge >= 0.3 is 0 Å². The van der Waals surface area contributed by atoms with Gasteiger partial charge in [0.05, 0.1) is 5.71 Å². The van der Waals surface area contributed by atoms with E-state index in [0.29, 0.717) is 17.2 Å². The third-order valence-corrected chi connectivity index (χ3v) is 5.99. The summed E-state index contributed by atoms with van der Waals surface area (Å²) in [5.41, 5.74) is 9.87. The number of halogens is 2. The number of aliphatic imine (C=N–C) groups is 1. The minimum Gasteiger partial charge on any atom is -0.483 e. The molecule has 6 nitrogen and oxygen atoms in total. The van der Waals surface area contributed by atoms with Crippen molar-refractivity contribution in [2.24, 2.45) is 10.7 Å². The molecule has 1 amide bonds. The maximum Gasteiger partial charge on any atom is 0.262 e. The van der Waals surface area contributed by atoms with E-state index in [1.807, 2.05) is 57.2 Å². The highest BCUT2D eigenvalue weighted by atomic mass is 35.5. The average Bonchev–Trinajstić information content (AvgIpc) is 3.04. The Morgan fingerprint density at radius 1 is 1.31 bits per heavy atom. The average molecular weight is 520 g/mol. The summed E-state index contributed by atoms with van der Waals surface area (Å²) in [6.45, 7) is 7.58. The van der Waals surface area contributed by atoms with Gasteiger partial charge in [0.25, 0.3) is 5.91 Å². The second-order valence-electron chi connectivity index (χ2n) is 8.17. The smallest absolute Gasteiger partial charge is 0.262 e. The molecule has 0 unspecified atom stereocenters. The normalized spacial score (nSPS) is 21.0. The Hall–Kier alpha value is -2.54. The number of nitrogens with one attached hydrogen (secondary N) is 1. The van der Waals surface area contributed by atoms with Gasteiger partial charge in [-0.05, 0) is 69.1 Å². The Morgan fingerprint density at radius 2 is 2.06 bits per heavy atom. The van der Waals surface area contributed by atoms with Crippen LogP contribution < -0.4 is 11.1 Å². The van der Waals surface area contributed by atoms with E-state index in [1.54, 1.807) is 12.2 Å². The van der Waals surface area contributed by atoms with E-state index >= 15 is 0 Å². The van der Waals surface area contributed by atoms with E-state index in [0.717, 1.165) is 55.2 Å². The number of piperidine rings is 1. The second kappa shape index (κ2) is 15.5. The molecule has 1 heterocycles. The van der Waals surface area contributed by atoms with Gasteiger partial charge in [0.1, 0.15) is 11.6 Å². The lowest BCUT2D eigenvalue weighted by Crippen LogP contribution is -2.38. The van der Waals surface area contributed by atoms with E-state index in [1.165, 1.54) is 5.54 Å². The Bertz CT molecular complexity index is 979. The molecular formula is C27H36Cl2N4O2. The minimum absolute atomic E-state index is 0.176. The maximum absolute atomic E-state index is 12.5. The Morgan fingerprint density at radius 3 is 2.69 bits per heavy atom. The summed E-state index contributed by atoms with van der Waals surface area (Å²) in [4.78, 5) is 19.7. The van der Waals surface area contributed by atoms with Crippen molar-refractivity contribution in [1.29, 1.82) is 0 Å². The third-order valence-electron chi connectivity index (χ3n) is 5.49. The fourth-order valence-corrected chi connectivity index (χ4v) is 3.96. The molecular weight excluding hydrogens is 483 g/mol. The topological polar surface area (TPSA) is 80.0 Å². The number of nitrogens with zero attached hydrogens (tertiary/aromatic N) is 2. The number of ether oxygens (including phenoxy) is 1. The highest BCUT2D eigenvalue weighted by molar-refractivity contribution is 6.31. The molecule has 0 aromatic rings. The Labute approximate surface area is 219 Å². The molecule has 1 saturated heterocycles. The van der Waals surface area contributed by atoms with Crippen LogP contribution in [0.2, 0.25) is 0 Å². The van der Waals surface area contributed by atoms with Crippen molar-refractivity contribution in [2.75, 3.05) is 19.7 Å². The molecule has 0 atom stereocenters. The number of hydrogen-bond donors (Lipinski definition) is 2. The number of hydrogen-bond acceptors (Lipinski definition) is 5. The molecule has 1 fully saturated rings. The maximum atomic E-state index is 12.5. The van der Waals surface area contributed by atoms with Crippen LogP contribution in [0.4, 0.5) is 0 Å². The first-order valence-corrected chi connectivity index (χ1v) is 12.8. The van der Waals surface area contributed by atoms with Crippen LogP contribution in [0.25, 0.3) is 0 Å². The summed E-state index contributed by atoms with van der Waals surface area (Å²) < 4.78 is 5.51. The molecule has 35 heavy (non-hydrogen) atoms. The van der Waals surface area contributed by atoms with Gasteiger partial charge in [0.2, 0.25) is 0 Å². The van der Waals surface area contributed by atoms with Gasteiger partial charge in [-0.1, -0.05) is 48.4 Å². The molecule has 2 rings (SSSR count). The predicted octanol–water partition coefficient (Wildman–Crippen LogP) is 5.80. The fourth-order valence-electron chi connectivity index (χ4n) is 3.61. The highest BCUT2D eigenvalue weighted by Gasteiger charge is 2.18. The van der Waals surface area contributed by atoms with Crippen LogP contribution in [-0.4, -0.2) is 42.3 Å². The van der Waals surface area contributed by atoms with Gasteiger partial charge in [-0.15, -0.1) is 0 Å². The number of nitrogens with two attached hydrogens (primary N) is 1. The van der Waals surface area contributed by atoms with Crippen LogP contribution in [-0.2, 0) is 9.53 Å². The molecule has 8 heteroatoms. The Kier molecular flexibility index (Phi) is 12.7. The monoisotopic (exact) mass is 518 g/mol. The number of allylic oxidation sites excluding steroid dienone is 10. The number of carbonyl (C=O) groups excluding carboxylic acids is 1. The zero-order valence-electron chi connectivity index (χ0n) is 20.8. The van der Waals surface area contributed by atoms with Crippen molar-refractivity contribution in [3.05, 3.63) is 82.0 Å². The van der Waals surface area contributed by atoms with Crippen molar-refractivity contribution in [2.45, 2.75) is 52.5 Å². The van der Waals surface area contributed by atoms with Crippen molar-refractivity contribution in [3.63, 3.8) is 0 Å². The lowest BCUT2D eigenvalue weighted by molar-refractivity contribution is -0.123. The molecule has 0 aromatic heterocycles. The van der Waals surface area contributed by atoms with Crippen LogP contribution in [0.1, 0.15) is 46.5 Å². The first-order chi connectivity index (χ1) is 16.9. The highest BCUT2D eigenvalue weighted by Crippen LogP contribution is 2.19. The van der Waals surface area contributed by atoms with E-state index in [2.05, 4.69) is 10.2 Å². The summed E-state index contributed by atoms with van der Waals surface area (Å²) in [7, 11) is 0. The largest absolute Gasteiger partial charge is 0.483 e. The molecule has 3 N–H and O–H groups in total. The van der Waals surface area contributed by atoms with Crippen LogP contribution in [0.15, 0.2) is 87.0 Å². The summed E-state index contributed by atoms with van der Waals surface area (Å²) >= 11 is 11.9. The van der Waals surface area contributed by atoms with Gasteiger partial charge in [-0.25, -0.2) is 4.99 Å². The van der Waals surface area contributed by atoms with Gasteiger partial charge < -0.3 is 20.7 Å². The van der Waals surface area contributed by atoms with Crippen LogP contribution >= 0.6 is 23.2 Å². The second-order valence-corrected chi connectivity index (χ2v) is 8.82. The molecule has 0 radical (unpaired) electrons. The SMILES string of the molecule is C\C=C(/N=C1/C=CCC(NC(=O)COC(/C=C\C(Cl)=C/CC)=C\Cl)=C/C1=C\C)N1CCC(N)CC1. The molecule has 0 saturated carbocycles. The number of rotatable bonds is 9. The first kappa shape index (κ1) is 28.7. The summed E-state index contributed by atoms with van der Waals surface area (Å²) in [6, 6.07) is 0.265. The van der Waals surface area contributed by atoms with Gasteiger partial charge in [-0.3, -0.25) is 4.79 Å². The molecule has 1 aliphatic carbocycles. The summed E-state index contributed by atoms with van der Waals surface area (Å²) in [5, 5.41) is 3.50. The van der Waals surface area contributed by atoms with E-state index < -0.39 is 0 Å². The Balaban J connectivity index is 2.03. The van der Waals surface area contributed by atoms with Gasteiger partial charge in [-0.2, -0.15) is 0 Å². The molecule has 0 aromatic carbocycles. The summed E-state index contributed by atoms with van der Waals surface area (Å²) in [5.74, 6) is 1.01. The van der Waals surface area contributed by atoms with Crippen LogP contribution in [0.3, 0.4) is 0 Å². The van der Waals surface area contributed by atoms with Gasteiger partial charge in [0.15, 0.2) is 6.61 Å². The van der Waals surface area contributed by atoms with Crippen molar-refractivity contribution >= 4 is 34.8 Å². The zero-order chi connectivity index (χ0) is 25.6.